The third-order valence-electron chi connectivity index (χ3n) is 5.96. The van der Waals surface area contributed by atoms with Crippen molar-refractivity contribution in [2.75, 3.05) is 19.0 Å². The van der Waals surface area contributed by atoms with E-state index in [4.69, 9.17) is 4.74 Å². The van der Waals surface area contributed by atoms with Crippen molar-refractivity contribution in [1.29, 1.82) is 0 Å². The van der Waals surface area contributed by atoms with E-state index in [1.165, 1.54) is 10.6 Å². The molecular weight excluding hydrogens is 425 g/mol. The zero-order chi connectivity index (χ0) is 23.1. The number of carbonyl (C=O) groups is 1. The Bertz CT molecular complexity index is 1420. The molecule has 0 saturated heterocycles. The summed E-state index contributed by atoms with van der Waals surface area (Å²) in [7, 11) is 1.61. The van der Waals surface area contributed by atoms with Crippen LogP contribution in [-0.2, 0) is 13.0 Å². The fourth-order valence-corrected chi connectivity index (χ4v) is 4.02. The standard InChI is InChI=1S/C24H22FN5O3/c1-14-18(25)4-3-5-19(14)27-24(32)29-11-10-17-21(13-29)26-22-12-20(28-30(22)23(17)31)15-6-8-16(33-2)9-7-15/h3-9,12,28H,10-11,13H2,1-2H3,(H,27,32). The molecule has 0 radical (unpaired) electrons. The first-order valence-electron chi connectivity index (χ1n) is 10.5. The Morgan fingerprint density at radius 2 is 2.00 bits per heavy atom. The number of benzene rings is 2. The molecule has 3 heterocycles. The number of methoxy groups -OCH3 is 1. The highest BCUT2D eigenvalue weighted by Crippen LogP contribution is 2.24. The van der Waals surface area contributed by atoms with Crippen LogP contribution in [0.5, 0.6) is 5.75 Å². The average molecular weight is 447 g/mol. The number of nitrogens with zero attached hydrogens (tertiary/aromatic N) is 3. The first kappa shape index (κ1) is 20.7. The maximum atomic E-state index is 13.8. The fraction of sp³-hybridized carbons (Fsp3) is 0.208. The molecule has 1 aliphatic rings. The molecule has 0 spiro atoms. The summed E-state index contributed by atoms with van der Waals surface area (Å²) in [5.74, 6) is 0.362. The van der Waals surface area contributed by atoms with Gasteiger partial charge in [-0.15, -0.1) is 0 Å². The van der Waals surface area contributed by atoms with Crippen molar-refractivity contribution in [2.45, 2.75) is 19.9 Å². The second-order valence-electron chi connectivity index (χ2n) is 7.95. The first-order valence-corrected chi connectivity index (χ1v) is 10.5. The van der Waals surface area contributed by atoms with E-state index in [-0.39, 0.29) is 24.0 Å². The lowest BCUT2D eigenvalue weighted by atomic mass is 10.1. The van der Waals surface area contributed by atoms with Crippen LogP contribution in [0.15, 0.2) is 53.3 Å². The van der Waals surface area contributed by atoms with Crippen molar-refractivity contribution in [1.82, 2.24) is 19.5 Å². The normalized spacial score (nSPS) is 13.1. The van der Waals surface area contributed by atoms with Crippen LogP contribution < -0.4 is 15.6 Å². The van der Waals surface area contributed by atoms with Gasteiger partial charge in [-0.25, -0.2) is 18.7 Å². The molecule has 0 fully saturated rings. The number of hydrogen-bond acceptors (Lipinski definition) is 4. The molecule has 0 unspecified atom stereocenters. The van der Waals surface area contributed by atoms with Crippen molar-refractivity contribution in [2.24, 2.45) is 0 Å². The molecule has 2 amide bonds. The lowest BCUT2D eigenvalue weighted by molar-refractivity contribution is 0.205. The molecule has 168 valence electrons. The maximum Gasteiger partial charge on any atom is 0.322 e. The number of amides is 2. The summed E-state index contributed by atoms with van der Waals surface area (Å²) in [4.78, 5) is 32.1. The monoisotopic (exact) mass is 447 g/mol. The molecule has 4 aromatic rings. The summed E-state index contributed by atoms with van der Waals surface area (Å²) >= 11 is 0. The molecule has 8 nitrogen and oxygen atoms in total. The molecule has 33 heavy (non-hydrogen) atoms. The fourth-order valence-electron chi connectivity index (χ4n) is 4.02. The molecule has 0 atom stereocenters. The lowest BCUT2D eigenvalue weighted by Crippen LogP contribution is -2.41. The summed E-state index contributed by atoms with van der Waals surface area (Å²) in [6, 6.07) is 13.5. The van der Waals surface area contributed by atoms with Gasteiger partial charge < -0.3 is 15.0 Å². The predicted octanol–water partition coefficient (Wildman–Crippen LogP) is 3.74. The largest absolute Gasteiger partial charge is 0.497 e. The minimum atomic E-state index is -0.381. The van der Waals surface area contributed by atoms with E-state index in [1.54, 1.807) is 37.1 Å². The number of aromatic amines is 1. The number of halogens is 1. The zero-order valence-electron chi connectivity index (χ0n) is 18.2. The highest BCUT2D eigenvalue weighted by Gasteiger charge is 2.26. The van der Waals surface area contributed by atoms with Crippen LogP contribution in [0.25, 0.3) is 16.9 Å². The van der Waals surface area contributed by atoms with Crippen molar-refractivity contribution >= 4 is 17.4 Å². The Balaban J connectivity index is 1.42. The average Bonchev–Trinajstić information content (AvgIpc) is 3.26. The van der Waals surface area contributed by atoms with Crippen molar-refractivity contribution in [3.05, 3.63) is 81.5 Å². The van der Waals surface area contributed by atoms with E-state index in [1.807, 2.05) is 24.3 Å². The Kier molecular flexibility index (Phi) is 5.08. The van der Waals surface area contributed by atoms with Crippen LogP contribution in [-0.4, -0.2) is 39.2 Å². The topological polar surface area (TPSA) is 91.7 Å². The van der Waals surface area contributed by atoms with Crippen LogP contribution in [0, 0.1) is 12.7 Å². The highest BCUT2D eigenvalue weighted by atomic mass is 19.1. The molecule has 9 heteroatoms. The SMILES string of the molecule is COc1ccc(-c2cc3nc4c(c(=O)n3[nH]2)CCN(C(=O)Nc2cccc(F)c2C)C4)cc1. The number of aromatic nitrogens is 3. The molecular formula is C24H22FN5O3. The van der Waals surface area contributed by atoms with Crippen LogP contribution in [0.4, 0.5) is 14.9 Å². The number of hydrogen-bond donors (Lipinski definition) is 2. The smallest absolute Gasteiger partial charge is 0.322 e. The second kappa shape index (κ2) is 8.09. The number of rotatable bonds is 3. The van der Waals surface area contributed by atoms with Crippen LogP contribution in [0.3, 0.4) is 0 Å². The van der Waals surface area contributed by atoms with E-state index in [0.29, 0.717) is 41.1 Å². The Hall–Kier alpha value is -4.14. The summed E-state index contributed by atoms with van der Waals surface area (Å²) < 4.78 is 20.4. The minimum absolute atomic E-state index is 0.171. The van der Waals surface area contributed by atoms with Gasteiger partial charge in [0.25, 0.3) is 5.56 Å². The van der Waals surface area contributed by atoms with E-state index >= 15 is 0 Å². The summed E-state index contributed by atoms with van der Waals surface area (Å²) in [5, 5.41) is 5.88. The quantitative estimate of drug-likeness (QED) is 0.501. The van der Waals surface area contributed by atoms with E-state index in [0.717, 1.165) is 17.0 Å². The molecule has 5 rings (SSSR count). The van der Waals surface area contributed by atoms with Crippen LogP contribution in [0.1, 0.15) is 16.8 Å². The number of urea groups is 1. The second-order valence-corrected chi connectivity index (χ2v) is 7.95. The highest BCUT2D eigenvalue weighted by molar-refractivity contribution is 5.90. The molecule has 2 aromatic carbocycles. The molecule has 2 aromatic heterocycles. The molecule has 2 N–H and O–H groups in total. The molecule has 0 saturated carbocycles. The van der Waals surface area contributed by atoms with Gasteiger partial charge in [0, 0.05) is 29.4 Å². The van der Waals surface area contributed by atoms with Crippen molar-refractivity contribution in [3.8, 4) is 17.0 Å². The van der Waals surface area contributed by atoms with E-state index in [2.05, 4.69) is 15.4 Å². The number of nitrogens with one attached hydrogen (secondary N) is 2. The van der Waals surface area contributed by atoms with Gasteiger partial charge in [-0.1, -0.05) is 6.07 Å². The third-order valence-corrected chi connectivity index (χ3v) is 5.96. The van der Waals surface area contributed by atoms with Gasteiger partial charge in [-0.05, 0) is 55.3 Å². The van der Waals surface area contributed by atoms with Gasteiger partial charge in [0.15, 0.2) is 5.65 Å². The number of H-pyrrole nitrogens is 1. The Labute approximate surface area is 188 Å². The Morgan fingerprint density at radius 1 is 1.21 bits per heavy atom. The van der Waals surface area contributed by atoms with Crippen molar-refractivity contribution < 1.29 is 13.9 Å². The molecule has 1 aliphatic heterocycles. The van der Waals surface area contributed by atoms with Crippen molar-refractivity contribution in [3.63, 3.8) is 0 Å². The first-order chi connectivity index (χ1) is 15.9. The van der Waals surface area contributed by atoms with E-state index in [9.17, 15) is 14.0 Å². The molecule has 0 bridgehead atoms. The zero-order valence-corrected chi connectivity index (χ0v) is 18.2. The minimum Gasteiger partial charge on any atom is -0.497 e. The third kappa shape index (κ3) is 3.71. The van der Waals surface area contributed by atoms with Gasteiger partial charge in [0.2, 0.25) is 0 Å². The van der Waals surface area contributed by atoms with Crippen LogP contribution >= 0.6 is 0 Å². The van der Waals surface area contributed by atoms with Gasteiger partial charge in [0.05, 0.1) is 25.0 Å². The molecule has 0 aliphatic carbocycles. The Morgan fingerprint density at radius 3 is 2.76 bits per heavy atom. The summed E-state index contributed by atoms with van der Waals surface area (Å²) in [6.45, 7) is 2.18. The lowest BCUT2D eigenvalue weighted by Gasteiger charge is -2.28. The van der Waals surface area contributed by atoms with Gasteiger partial charge >= 0.3 is 6.03 Å². The van der Waals surface area contributed by atoms with Crippen LogP contribution in [0.2, 0.25) is 0 Å². The maximum absolute atomic E-state index is 13.8. The number of fused-ring (bicyclic) bond motifs is 2. The summed E-state index contributed by atoms with van der Waals surface area (Å²) in [6.07, 6.45) is 0.385. The van der Waals surface area contributed by atoms with Gasteiger partial charge in [-0.3, -0.25) is 9.89 Å². The number of carbonyl (C=O) groups excluding carboxylic acids is 1. The number of ether oxygens (including phenoxy) is 1. The number of anilines is 1. The van der Waals surface area contributed by atoms with Gasteiger partial charge in [-0.2, -0.15) is 0 Å². The van der Waals surface area contributed by atoms with E-state index < -0.39 is 0 Å². The predicted molar refractivity (Wildman–Crippen MR) is 122 cm³/mol. The van der Waals surface area contributed by atoms with Gasteiger partial charge in [0.1, 0.15) is 11.6 Å². The summed E-state index contributed by atoms with van der Waals surface area (Å²) in [5.41, 5.74) is 3.90.